The Balaban J connectivity index is 0.000000257. The van der Waals surface area contributed by atoms with Crippen molar-refractivity contribution in [3.8, 4) is 0 Å². The zero-order valence-corrected chi connectivity index (χ0v) is 29.8. The van der Waals surface area contributed by atoms with E-state index < -0.39 is 9.52 Å². The fourth-order valence-electron chi connectivity index (χ4n) is 6.43. The predicted molar refractivity (Wildman–Crippen MR) is 203 cm³/mol. The van der Waals surface area contributed by atoms with E-state index in [1.807, 2.05) is 48.9 Å². The summed E-state index contributed by atoms with van der Waals surface area (Å²) in [4.78, 5) is 4.48. The van der Waals surface area contributed by atoms with Crippen molar-refractivity contribution in [1.29, 1.82) is 0 Å². The molecule has 236 valence electrons. The largest absolute Gasteiger partial charge is 0.326 e. The van der Waals surface area contributed by atoms with Gasteiger partial charge in [0, 0.05) is 12.4 Å². The van der Waals surface area contributed by atoms with Crippen LogP contribution in [0.3, 0.4) is 0 Å². The molecule has 0 bridgehead atoms. The van der Waals surface area contributed by atoms with E-state index in [9.17, 15) is 0 Å². The highest BCUT2D eigenvalue weighted by Gasteiger charge is 2.36. The Hall–Kier alpha value is -4.41. The van der Waals surface area contributed by atoms with Crippen molar-refractivity contribution in [1.82, 2.24) is 9.55 Å². The second-order valence-electron chi connectivity index (χ2n) is 13.4. The number of benzene rings is 5. The molecule has 0 amide bonds. The highest BCUT2D eigenvalue weighted by Crippen LogP contribution is 2.34. The van der Waals surface area contributed by atoms with Gasteiger partial charge in [0.1, 0.15) is 0 Å². The monoisotopic (exact) mass is 630 g/mol. The Bertz CT molecular complexity index is 1640. The van der Waals surface area contributed by atoms with E-state index in [0.29, 0.717) is 11.8 Å². The van der Waals surface area contributed by atoms with Crippen LogP contribution in [0.25, 0.3) is 0 Å². The van der Waals surface area contributed by atoms with E-state index in [4.69, 9.17) is 7.85 Å². The van der Waals surface area contributed by atoms with Gasteiger partial charge in [-0.25, -0.2) is 4.98 Å². The third-order valence-corrected chi connectivity index (χ3v) is 11.3. The molecule has 1 aromatic heterocycles. The number of hydrogen-bond acceptors (Lipinski definition) is 1. The fraction of sp³-hybridized carbons (Fsp3) is 0.233. The van der Waals surface area contributed by atoms with Crippen molar-refractivity contribution in [3.05, 3.63) is 192 Å². The van der Waals surface area contributed by atoms with Crippen LogP contribution in [0.2, 0.25) is 0 Å². The first-order valence-corrected chi connectivity index (χ1v) is 18.3. The highest BCUT2D eigenvalue weighted by molar-refractivity contribution is 6.57. The minimum Gasteiger partial charge on any atom is -0.326 e. The molecule has 2 nitrogen and oxygen atoms in total. The molecule has 0 aliphatic rings. The molecule has 0 unspecified atom stereocenters. The number of imidazole rings is 1. The average Bonchev–Trinajstić information content (AvgIpc) is 3.65. The summed E-state index contributed by atoms with van der Waals surface area (Å²) in [5, 5.41) is 1.22. The average molecular weight is 631 g/mol. The quantitative estimate of drug-likeness (QED) is 0.131. The van der Waals surface area contributed by atoms with E-state index in [1.165, 1.54) is 27.4 Å². The highest BCUT2D eigenvalue weighted by atomic mass is 28.2. The van der Waals surface area contributed by atoms with E-state index in [2.05, 4.69) is 147 Å². The summed E-state index contributed by atoms with van der Waals surface area (Å²) in [6.07, 6.45) is 8.27. The Labute approximate surface area is 286 Å². The zero-order chi connectivity index (χ0) is 33.1. The van der Waals surface area contributed by atoms with Gasteiger partial charge in [0.2, 0.25) is 0 Å². The molecular formula is C43H47BN2Si. The number of rotatable bonds is 11. The van der Waals surface area contributed by atoms with Gasteiger partial charge in [-0.2, -0.15) is 0 Å². The van der Waals surface area contributed by atoms with Crippen LogP contribution in [0.4, 0.5) is 0 Å². The molecule has 6 aromatic rings. The third kappa shape index (κ3) is 8.90. The Morgan fingerprint density at radius 3 is 1.40 bits per heavy atom. The van der Waals surface area contributed by atoms with Crippen LogP contribution in [0.15, 0.2) is 158 Å². The minimum absolute atomic E-state index is 0.0163. The molecular weight excluding hydrogens is 583 g/mol. The van der Waals surface area contributed by atoms with Crippen molar-refractivity contribution in [2.24, 2.45) is 11.8 Å². The topological polar surface area (TPSA) is 17.8 Å². The molecule has 1 heterocycles. The first-order valence-electron chi connectivity index (χ1n) is 16.9. The molecule has 0 saturated heterocycles. The molecule has 4 heteroatoms. The van der Waals surface area contributed by atoms with E-state index in [-0.39, 0.29) is 11.0 Å². The van der Waals surface area contributed by atoms with Gasteiger partial charge in [0.25, 0.3) is 0 Å². The summed E-state index contributed by atoms with van der Waals surface area (Å²) < 4.78 is 2.35. The summed E-state index contributed by atoms with van der Waals surface area (Å²) >= 11 is 0. The summed E-state index contributed by atoms with van der Waals surface area (Å²) in [6.45, 7) is 9.13. The lowest BCUT2D eigenvalue weighted by Crippen LogP contribution is -2.46. The molecule has 6 rings (SSSR count). The van der Waals surface area contributed by atoms with Crippen molar-refractivity contribution < 1.29 is 0 Å². The first kappa shape index (κ1) is 33.9. The van der Waals surface area contributed by atoms with Crippen LogP contribution in [-0.4, -0.2) is 26.9 Å². The van der Waals surface area contributed by atoms with Gasteiger partial charge in [-0.15, -0.1) is 0 Å². The van der Waals surface area contributed by atoms with Gasteiger partial charge in [0.15, 0.2) is 0 Å². The SMILES string of the molecule is CC(C)Cc1ccc(C([SiH2]c2ccccc2)(c2ccc(CC(C)C)cc2)n2ccnc2)cc1.[B]C(c1ccccc1)c1ccccc1. The molecule has 0 fully saturated rings. The van der Waals surface area contributed by atoms with E-state index in [1.54, 1.807) is 0 Å². The maximum absolute atomic E-state index is 6.12. The van der Waals surface area contributed by atoms with Crippen LogP contribution in [0.1, 0.15) is 66.9 Å². The van der Waals surface area contributed by atoms with Crippen LogP contribution < -0.4 is 5.19 Å². The van der Waals surface area contributed by atoms with Gasteiger partial charge in [0.05, 0.1) is 28.9 Å². The number of aromatic nitrogens is 2. The zero-order valence-electron chi connectivity index (χ0n) is 28.3. The van der Waals surface area contributed by atoms with E-state index >= 15 is 0 Å². The van der Waals surface area contributed by atoms with Crippen LogP contribution in [0.5, 0.6) is 0 Å². The lowest BCUT2D eigenvalue weighted by Gasteiger charge is -2.37. The Kier molecular flexibility index (Phi) is 11.9. The normalized spacial score (nSPS) is 11.7. The van der Waals surface area contributed by atoms with Gasteiger partial charge in [-0.1, -0.05) is 172 Å². The maximum Gasteiger partial charge on any atom is 0.0965 e. The molecule has 47 heavy (non-hydrogen) atoms. The molecule has 2 radical (unpaired) electrons. The summed E-state index contributed by atoms with van der Waals surface area (Å²) in [5.41, 5.74) is 7.81. The molecule has 0 saturated carbocycles. The molecule has 0 spiro atoms. The third-order valence-electron chi connectivity index (χ3n) is 8.72. The first-order chi connectivity index (χ1) is 22.8. The molecule has 0 N–H and O–H groups in total. The van der Waals surface area contributed by atoms with Crippen LogP contribution in [-0.2, 0) is 18.0 Å². The Morgan fingerprint density at radius 2 is 1.02 bits per heavy atom. The van der Waals surface area contributed by atoms with Gasteiger partial charge in [-0.05, 0) is 63.9 Å². The minimum atomic E-state index is -0.815. The standard InChI is InChI=1S/C30H36N2Si.C13H11B/c1-23(2)20-25-10-14-27(15-11-25)30(32-19-18-31-22-32,33-29-8-6-5-7-9-29)28-16-12-26(13-17-28)21-24(3)4;14-13(11-7-3-1-4-8-11)12-9-5-2-6-10-12/h5-19,22-24H,20-21,33H2,1-4H3;1-10,13H. The Morgan fingerprint density at radius 1 is 0.596 bits per heavy atom. The van der Waals surface area contributed by atoms with Crippen molar-refractivity contribution in [2.45, 2.75) is 51.5 Å². The predicted octanol–water partition coefficient (Wildman–Crippen LogP) is 8.47. The van der Waals surface area contributed by atoms with Crippen LogP contribution in [0, 0.1) is 11.8 Å². The van der Waals surface area contributed by atoms with Gasteiger partial charge >= 0.3 is 0 Å². The summed E-state index contributed by atoms with van der Waals surface area (Å²) in [7, 11) is 5.30. The van der Waals surface area contributed by atoms with Crippen molar-refractivity contribution >= 4 is 22.6 Å². The summed E-state index contributed by atoms with van der Waals surface area (Å²) in [6, 6.07) is 50.0. The van der Waals surface area contributed by atoms with E-state index in [0.717, 1.165) is 24.0 Å². The fourth-order valence-corrected chi connectivity index (χ4v) is 8.77. The van der Waals surface area contributed by atoms with Crippen molar-refractivity contribution in [2.75, 3.05) is 0 Å². The molecule has 0 aliphatic heterocycles. The lowest BCUT2D eigenvalue weighted by molar-refractivity contribution is 0.594. The maximum atomic E-state index is 6.12. The number of nitrogens with zero attached hydrogens (tertiary/aromatic N) is 2. The second-order valence-corrected chi connectivity index (χ2v) is 15.6. The van der Waals surface area contributed by atoms with Gasteiger partial charge < -0.3 is 4.57 Å². The van der Waals surface area contributed by atoms with Gasteiger partial charge in [-0.3, -0.25) is 0 Å². The summed E-state index contributed by atoms with van der Waals surface area (Å²) in [5.74, 6) is 1.29. The molecule has 0 atom stereocenters. The molecule has 0 aliphatic carbocycles. The van der Waals surface area contributed by atoms with Crippen LogP contribution >= 0.6 is 0 Å². The van der Waals surface area contributed by atoms with Crippen molar-refractivity contribution in [3.63, 3.8) is 0 Å². The second kappa shape index (κ2) is 16.4. The lowest BCUT2D eigenvalue weighted by atomic mass is 9.76. The smallest absolute Gasteiger partial charge is 0.0965 e. The molecule has 5 aromatic carbocycles. The number of hydrogen-bond donors (Lipinski definition) is 0.